The molecule has 86 valence electrons. The molecule has 1 fully saturated rings. The normalized spacial score (nSPS) is 16.9. The molecule has 6 heteroatoms. The van der Waals surface area contributed by atoms with Crippen LogP contribution in [-0.2, 0) is 4.74 Å². The number of rotatable bonds is 1. The molecule has 1 rings (SSSR count). The van der Waals surface area contributed by atoms with Gasteiger partial charge in [-0.3, -0.25) is 0 Å². The average Bonchev–Trinajstić information content (AvgIpc) is 1.91. The number of likely N-dealkylation sites (tertiary alicyclic amines) is 1. The van der Waals surface area contributed by atoms with E-state index in [1.165, 1.54) is 4.90 Å². The molecular weight excluding hydrogens is 198 g/mol. The minimum atomic E-state index is -0.566. The Bertz CT molecular complexity index is 266. The number of urea groups is 1. The van der Waals surface area contributed by atoms with Crippen LogP contribution in [0.25, 0.3) is 0 Å². The summed E-state index contributed by atoms with van der Waals surface area (Å²) in [7, 11) is 0. The zero-order chi connectivity index (χ0) is 11.6. The van der Waals surface area contributed by atoms with Crippen LogP contribution in [0, 0.1) is 0 Å². The molecule has 1 aliphatic rings. The van der Waals surface area contributed by atoms with E-state index in [4.69, 9.17) is 10.5 Å². The smallest absolute Gasteiger partial charge is 0.410 e. The summed E-state index contributed by atoms with van der Waals surface area (Å²) < 4.78 is 5.14. The van der Waals surface area contributed by atoms with Crippen molar-refractivity contribution in [1.82, 2.24) is 10.2 Å². The lowest BCUT2D eigenvalue weighted by Crippen LogP contribution is -2.62. The highest BCUT2D eigenvalue weighted by molar-refractivity contribution is 5.73. The van der Waals surface area contributed by atoms with E-state index in [1.807, 2.05) is 20.8 Å². The van der Waals surface area contributed by atoms with Gasteiger partial charge in [0.1, 0.15) is 5.60 Å². The number of nitrogens with two attached hydrogens (primary N) is 1. The van der Waals surface area contributed by atoms with E-state index in [-0.39, 0.29) is 12.1 Å². The third-order valence-corrected chi connectivity index (χ3v) is 1.88. The SMILES string of the molecule is CC(C)(C)OC(=O)N1CC(NC(N)=O)C1. The van der Waals surface area contributed by atoms with Gasteiger partial charge in [0.05, 0.1) is 6.04 Å². The largest absolute Gasteiger partial charge is 0.444 e. The van der Waals surface area contributed by atoms with Gasteiger partial charge in [0, 0.05) is 13.1 Å². The summed E-state index contributed by atoms with van der Waals surface area (Å²) in [4.78, 5) is 23.4. The summed E-state index contributed by atoms with van der Waals surface area (Å²) in [6.45, 7) is 6.34. The minimum absolute atomic E-state index is 0.0463. The molecule has 3 N–H and O–H groups in total. The lowest BCUT2D eigenvalue weighted by atomic mass is 10.1. The van der Waals surface area contributed by atoms with Gasteiger partial charge in [-0.1, -0.05) is 0 Å². The maximum absolute atomic E-state index is 11.4. The molecule has 0 radical (unpaired) electrons. The van der Waals surface area contributed by atoms with Crippen LogP contribution in [0.4, 0.5) is 9.59 Å². The van der Waals surface area contributed by atoms with Gasteiger partial charge in [-0.05, 0) is 20.8 Å². The predicted molar refractivity (Wildman–Crippen MR) is 54.3 cm³/mol. The lowest BCUT2D eigenvalue weighted by Gasteiger charge is -2.39. The average molecular weight is 215 g/mol. The Balaban J connectivity index is 2.27. The fraction of sp³-hybridized carbons (Fsp3) is 0.778. The highest BCUT2D eigenvalue weighted by atomic mass is 16.6. The third kappa shape index (κ3) is 3.65. The second-order valence-corrected chi connectivity index (χ2v) is 4.59. The molecule has 0 aromatic rings. The summed E-state index contributed by atoms with van der Waals surface area (Å²) in [5, 5.41) is 2.52. The molecule has 0 aromatic carbocycles. The molecule has 1 heterocycles. The highest BCUT2D eigenvalue weighted by Gasteiger charge is 2.33. The number of primary amides is 1. The fourth-order valence-electron chi connectivity index (χ4n) is 1.25. The standard InChI is InChI=1S/C9H17N3O3/c1-9(2,3)15-8(14)12-4-6(5-12)11-7(10)13/h6H,4-5H2,1-3H3,(H3,10,11,13). The first-order chi connectivity index (χ1) is 6.78. The Morgan fingerprint density at radius 2 is 1.93 bits per heavy atom. The van der Waals surface area contributed by atoms with Gasteiger partial charge in [0.25, 0.3) is 0 Å². The second-order valence-electron chi connectivity index (χ2n) is 4.59. The Hall–Kier alpha value is -1.46. The molecule has 1 aliphatic heterocycles. The van der Waals surface area contributed by atoms with Gasteiger partial charge in [0.2, 0.25) is 0 Å². The molecule has 0 saturated carbocycles. The van der Waals surface area contributed by atoms with Gasteiger partial charge < -0.3 is 20.7 Å². The van der Waals surface area contributed by atoms with E-state index in [0.29, 0.717) is 13.1 Å². The summed E-state index contributed by atoms with van der Waals surface area (Å²) in [5.41, 5.74) is 4.45. The Morgan fingerprint density at radius 1 is 1.40 bits per heavy atom. The number of hydrogen-bond acceptors (Lipinski definition) is 3. The zero-order valence-corrected chi connectivity index (χ0v) is 9.24. The van der Waals surface area contributed by atoms with Gasteiger partial charge in [-0.2, -0.15) is 0 Å². The molecule has 6 nitrogen and oxygen atoms in total. The molecule has 15 heavy (non-hydrogen) atoms. The van der Waals surface area contributed by atoms with Crippen LogP contribution >= 0.6 is 0 Å². The van der Waals surface area contributed by atoms with Gasteiger partial charge in [0.15, 0.2) is 0 Å². The van der Waals surface area contributed by atoms with Crippen molar-refractivity contribution in [3.05, 3.63) is 0 Å². The van der Waals surface area contributed by atoms with E-state index in [9.17, 15) is 9.59 Å². The van der Waals surface area contributed by atoms with Crippen molar-refractivity contribution in [1.29, 1.82) is 0 Å². The van der Waals surface area contributed by atoms with E-state index in [1.54, 1.807) is 0 Å². The topological polar surface area (TPSA) is 84.7 Å². The summed E-state index contributed by atoms with van der Waals surface area (Å²) in [6, 6.07) is -0.612. The van der Waals surface area contributed by atoms with E-state index in [2.05, 4.69) is 5.32 Å². The Morgan fingerprint density at radius 3 is 2.33 bits per heavy atom. The summed E-state index contributed by atoms with van der Waals surface area (Å²) in [6.07, 6.45) is -0.356. The number of carbonyl (C=O) groups is 2. The van der Waals surface area contributed by atoms with Crippen LogP contribution in [0.1, 0.15) is 20.8 Å². The molecule has 0 bridgehead atoms. The second kappa shape index (κ2) is 3.96. The first kappa shape index (κ1) is 11.6. The molecule has 0 unspecified atom stereocenters. The van der Waals surface area contributed by atoms with Crippen molar-refractivity contribution in [3.63, 3.8) is 0 Å². The number of hydrogen-bond donors (Lipinski definition) is 2. The molecule has 0 spiro atoms. The Kier molecular flexibility index (Phi) is 3.06. The van der Waals surface area contributed by atoms with E-state index in [0.717, 1.165) is 0 Å². The maximum atomic E-state index is 11.4. The molecule has 0 aromatic heterocycles. The van der Waals surface area contributed by atoms with Crippen molar-refractivity contribution in [2.24, 2.45) is 5.73 Å². The van der Waals surface area contributed by atoms with Gasteiger partial charge in [-0.25, -0.2) is 9.59 Å². The van der Waals surface area contributed by atoms with Crippen LogP contribution in [0.2, 0.25) is 0 Å². The van der Waals surface area contributed by atoms with Crippen molar-refractivity contribution in [3.8, 4) is 0 Å². The first-order valence-electron chi connectivity index (χ1n) is 4.82. The quantitative estimate of drug-likeness (QED) is 0.658. The fourth-order valence-corrected chi connectivity index (χ4v) is 1.25. The third-order valence-electron chi connectivity index (χ3n) is 1.88. The minimum Gasteiger partial charge on any atom is -0.444 e. The maximum Gasteiger partial charge on any atom is 0.410 e. The Labute approximate surface area is 88.7 Å². The van der Waals surface area contributed by atoms with Crippen LogP contribution in [-0.4, -0.2) is 41.8 Å². The zero-order valence-electron chi connectivity index (χ0n) is 9.24. The van der Waals surface area contributed by atoms with Crippen LogP contribution < -0.4 is 11.1 Å². The van der Waals surface area contributed by atoms with Crippen LogP contribution in [0.15, 0.2) is 0 Å². The number of amides is 3. The van der Waals surface area contributed by atoms with Gasteiger partial charge >= 0.3 is 12.1 Å². The number of nitrogens with one attached hydrogen (secondary N) is 1. The van der Waals surface area contributed by atoms with Crippen molar-refractivity contribution < 1.29 is 14.3 Å². The van der Waals surface area contributed by atoms with Crippen LogP contribution in [0.3, 0.4) is 0 Å². The lowest BCUT2D eigenvalue weighted by molar-refractivity contribution is 0.00643. The monoisotopic (exact) mass is 215 g/mol. The highest BCUT2D eigenvalue weighted by Crippen LogP contribution is 2.14. The number of carbonyl (C=O) groups excluding carboxylic acids is 2. The predicted octanol–water partition coefficient (Wildman–Crippen LogP) is 0.274. The number of nitrogens with zero attached hydrogens (tertiary/aromatic N) is 1. The molecule has 3 amide bonds. The van der Waals surface area contributed by atoms with Crippen molar-refractivity contribution in [2.75, 3.05) is 13.1 Å². The van der Waals surface area contributed by atoms with E-state index < -0.39 is 11.6 Å². The number of ether oxygens (including phenoxy) is 1. The first-order valence-corrected chi connectivity index (χ1v) is 4.82. The molecule has 1 saturated heterocycles. The molecular formula is C9H17N3O3. The van der Waals surface area contributed by atoms with Gasteiger partial charge in [-0.15, -0.1) is 0 Å². The molecule has 0 aliphatic carbocycles. The van der Waals surface area contributed by atoms with Crippen molar-refractivity contribution >= 4 is 12.1 Å². The van der Waals surface area contributed by atoms with Crippen LogP contribution in [0.5, 0.6) is 0 Å². The summed E-state index contributed by atoms with van der Waals surface area (Å²) >= 11 is 0. The summed E-state index contributed by atoms with van der Waals surface area (Å²) in [5.74, 6) is 0. The van der Waals surface area contributed by atoms with E-state index >= 15 is 0 Å². The molecule has 0 atom stereocenters. The van der Waals surface area contributed by atoms with Crippen molar-refractivity contribution in [2.45, 2.75) is 32.4 Å².